The summed E-state index contributed by atoms with van der Waals surface area (Å²) in [5, 5.41) is 10.2. The van der Waals surface area contributed by atoms with Crippen LogP contribution in [0.4, 0.5) is 4.39 Å². The summed E-state index contributed by atoms with van der Waals surface area (Å²) in [6.07, 6.45) is 3.73. The van der Waals surface area contributed by atoms with Crippen LogP contribution in [0.15, 0.2) is 58.7 Å². The molecule has 0 spiro atoms. The summed E-state index contributed by atoms with van der Waals surface area (Å²) in [7, 11) is 0. The fourth-order valence-corrected chi connectivity index (χ4v) is 3.88. The van der Waals surface area contributed by atoms with Crippen LogP contribution in [-0.4, -0.2) is 14.5 Å². The molecule has 0 fully saturated rings. The fraction of sp³-hybridized carbons (Fsp3) is 0.250. The summed E-state index contributed by atoms with van der Waals surface area (Å²) >= 11 is 1.48. The third-order valence-corrected chi connectivity index (χ3v) is 5.02. The van der Waals surface area contributed by atoms with E-state index < -0.39 is 0 Å². The maximum atomic E-state index is 13.6. The highest BCUT2D eigenvalue weighted by Crippen LogP contribution is 2.35. The van der Waals surface area contributed by atoms with Crippen molar-refractivity contribution in [3.05, 3.63) is 71.7 Å². The number of pyridine rings is 1. The summed E-state index contributed by atoms with van der Waals surface area (Å²) in [5.41, 5.74) is 2.01. The average Bonchev–Trinajstić information content (AvgIpc) is 2.94. The Kier molecular flexibility index (Phi) is 5.69. The predicted molar refractivity (Wildman–Crippen MR) is 99.5 cm³/mol. The second-order valence-electron chi connectivity index (χ2n) is 6.21. The lowest BCUT2D eigenvalue weighted by molar-refractivity contribution is 0.624. The zero-order chi connectivity index (χ0) is 18.5. The van der Waals surface area contributed by atoms with Crippen molar-refractivity contribution < 1.29 is 4.39 Å². The molecule has 6 heteroatoms. The normalized spacial score (nSPS) is 10.9. The van der Waals surface area contributed by atoms with E-state index in [1.54, 1.807) is 18.5 Å². The van der Waals surface area contributed by atoms with Crippen LogP contribution in [0.25, 0.3) is 0 Å². The van der Waals surface area contributed by atoms with E-state index in [1.807, 2.05) is 18.2 Å². The SMILES string of the molecule is CC(C)c1nc(CC#N)n(Cc2ccncc2)c1Sc1cccc(F)c1. The molecule has 0 amide bonds. The van der Waals surface area contributed by atoms with Gasteiger partial charge in [-0.2, -0.15) is 5.26 Å². The van der Waals surface area contributed by atoms with Crippen molar-refractivity contribution in [2.45, 2.75) is 42.7 Å². The minimum Gasteiger partial charge on any atom is -0.317 e. The summed E-state index contributed by atoms with van der Waals surface area (Å²) in [6.45, 7) is 4.74. The largest absolute Gasteiger partial charge is 0.317 e. The van der Waals surface area contributed by atoms with Gasteiger partial charge in [-0.3, -0.25) is 4.98 Å². The molecule has 0 atom stereocenters. The molecule has 0 aliphatic carbocycles. The van der Waals surface area contributed by atoms with Crippen molar-refractivity contribution in [2.75, 3.05) is 0 Å². The molecular weight excluding hydrogens is 347 g/mol. The van der Waals surface area contributed by atoms with Crippen LogP contribution < -0.4 is 0 Å². The predicted octanol–water partition coefficient (Wildman–Crippen LogP) is 4.81. The van der Waals surface area contributed by atoms with E-state index in [0.717, 1.165) is 27.0 Å². The van der Waals surface area contributed by atoms with Gasteiger partial charge in [0.1, 0.15) is 16.7 Å². The summed E-state index contributed by atoms with van der Waals surface area (Å²) in [6, 6.07) is 12.6. The summed E-state index contributed by atoms with van der Waals surface area (Å²) in [4.78, 5) is 9.59. The monoisotopic (exact) mass is 366 g/mol. The van der Waals surface area contributed by atoms with Gasteiger partial charge in [-0.1, -0.05) is 31.7 Å². The third-order valence-electron chi connectivity index (χ3n) is 3.91. The molecule has 0 radical (unpaired) electrons. The van der Waals surface area contributed by atoms with Crippen LogP contribution in [-0.2, 0) is 13.0 Å². The topological polar surface area (TPSA) is 54.5 Å². The Hall–Kier alpha value is -2.65. The highest BCUT2D eigenvalue weighted by molar-refractivity contribution is 7.99. The Labute approximate surface area is 156 Å². The third kappa shape index (κ3) is 4.12. The molecule has 3 rings (SSSR count). The molecule has 2 heterocycles. The lowest BCUT2D eigenvalue weighted by Gasteiger charge is -2.13. The van der Waals surface area contributed by atoms with E-state index >= 15 is 0 Å². The van der Waals surface area contributed by atoms with Crippen LogP contribution in [0, 0.1) is 17.1 Å². The summed E-state index contributed by atoms with van der Waals surface area (Å²) < 4.78 is 15.7. The van der Waals surface area contributed by atoms with E-state index in [9.17, 15) is 9.65 Å². The van der Waals surface area contributed by atoms with E-state index in [0.29, 0.717) is 6.54 Å². The van der Waals surface area contributed by atoms with Gasteiger partial charge in [0.2, 0.25) is 0 Å². The Balaban J connectivity index is 2.08. The Morgan fingerprint density at radius 1 is 1.23 bits per heavy atom. The van der Waals surface area contributed by atoms with Gasteiger partial charge in [0.25, 0.3) is 0 Å². The molecule has 0 N–H and O–H groups in total. The van der Waals surface area contributed by atoms with Crippen molar-refractivity contribution in [1.29, 1.82) is 5.26 Å². The van der Waals surface area contributed by atoms with Crippen molar-refractivity contribution in [3.63, 3.8) is 0 Å². The molecule has 3 aromatic rings. The Bertz CT molecular complexity index is 929. The zero-order valence-electron chi connectivity index (χ0n) is 14.7. The van der Waals surface area contributed by atoms with E-state index in [2.05, 4.69) is 29.5 Å². The molecule has 132 valence electrons. The molecule has 0 saturated heterocycles. The van der Waals surface area contributed by atoms with Gasteiger partial charge in [-0.15, -0.1) is 0 Å². The molecule has 26 heavy (non-hydrogen) atoms. The number of hydrogen-bond donors (Lipinski definition) is 0. The first-order chi connectivity index (χ1) is 12.6. The molecule has 0 aliphatic heterocycles. The molecule has 0 unspecified atom stereocenters. The molecule has 0 saturated carbocycles. The van der Waals surface area contributed by atoms with E-state index in [4.69, 9.17) is 4.98 Å². The number of halogens is 1. The van der Waals surface area contributed by atoms with Gasteiger partial charge < -0.3 is 4.57 Å². The highest BCUT2D eigenvalue weighted by atomic mass is 32.2. The van der Waals surface area contributed by atoms with Gasteiger partial charge in [0.05, 0.1) is 18.2 Å². The summed E-state index contributed by atoms with van der Waals surface area (Å²) in [5.74, 6) is 0.660. The molecule has 0 bridgehead atoms. The number of nitriles is 1. The van der Waals surface area contributed by atoms with Crippen molar-refractivity contribution >= 4 is 11.8 Å². The van der Waals surface area contributed by atoms with Crippen LogP contribution in [0.2, 0.25) is 0 Å². The van der Waals surface area contributed by atoms with Crippen molar-refractivity contribution in [3.8, 4) is 6.07 Å². The van der Waals surface area contributed by atoms with Crippen LogP contribution in [0.1, 0.15) is 36.8 Å². The zero-order valence-corrected chi connectivity index (χ0v) is 15.5. The number of imidazole rings is 1. The van der Waals surface area contributed by atoms with Gasteiger partial charge in [0.15, 0.2) is 0 Å². The molecular formula is C20H19FN4S. The lowest BCUT2D eigenvalue weighted by atomic mass is 10.1. The Morgan fingerprint density at radius 3 is 2.65 bits per heavy atom. The van der Waals surface area contributed by atoms with Crippen LogP contribution >= 0.6 is 11.8 Å². The number of nitrogens with zero attached hydrogens (tertiary/aromatic N) is 4. The van der Waals surface area contributed by atoms with E-state index in [1.165, 1.54) is 23.9 Å². The van der Waals surface area contributed by atoms with Crippen LogP contribution in [0.5, 0.6) is 0 Å². The first kappa shape index (κ1) is 18.2. The minimum absolute atomic E-state index is 0.196. The van der Waals surface area contributed by atoms with Crippen LogP contribution in [0.3, 0.4) is 0 Å². The minimum atomic E-state index is -0.265. The highest BCUT2D eigenvalue weighted by Gasteiger charge is 2.20. The lowest BCUT2D eigenvalue weighted by Crippen LogP contribution is -2.06. The average molecular weight is 366 g/mol. The Morgan fingerprint density at radius 2 is 2.00 bits per heavy atom. The maximum Gasteiger partial charge on any atom is 0.124 e. The molecule has 1 aromatic carbocycles. The number of aromatic nitrogens is 3. The van der Waals surface area contributed by atoms with Gasteiger partial charge >= 0.3 is 0 Å². The molecule has 4 nitrogen and oxygen atoms in total. The number of benzene rings is 1. The smallest absolute Gasteiger partial charge is 0.124 e. The van der Waals surface area contributed by atoms with Crippen molar-refractivity contribution in [2.24, 2.45) is 0 Å². The molecule has 2 aromatic heterocycles. The first-order valence-corrected chi connectivity index (χ1v) is 9.18. The second-order valence-corrected chi connectivity index (χ2v) is 7.27. The second kappa shape index (κ2) is 8.15. The van der Waals surface area contributed by atoms with Crippen molar-refractivity contribution in [1.82, 2.24) is 14.5 Å². The first-order valence-electron chi connectivity index (χ1n) is 8.37. The fourth-order valence-electron chi connectivity index (χ4n) is 2.67. The van der Waals surface area contributed by atoms with Gasteiger partial charge in [0, 0.05) is 23.8 Å². The molecule has 0 aliphatic rings. The van der Waals surface area contributed by atoms with Gasteiger partial charge in [-0.05, 0) is 41.8 Å². The maximum absolute atomic E-state index is 13.6. The number of rotatable bonds is 6. The quantitative estimate of drug-likeness (QED) is 0.628. The van der Waals surface area contributed by atoms with Gasteiger partial charge in [-0.25, -0.2) is 9.37 Å². The number of hydrogen-bond acceptors (Lipinski definition) is 4. The standard InChI is InChI=1S/C20H19FN4S/c1-14(2)19-20(26-17-5-3-4-16(21)12-17)25(18(24-19)6-9-22)13-15-7-10-23-11-8-15/h3-5,7-8,10-12,14H,6,13H2,1-2H3. The van der Waals surface area contributed by atoms with E-state index in [-0.39, 0.29) is 18.2 Å².